The molecule has 1 N–H and O–H groups in total. The Morgan fingerprint density at radius 1 is 1.07 bits per heavy atom. The first-order chi connectivity index (χ1) is 14.2. The van der Waals surface area contributed by atoms with Gasteiger partial charge in [-0.15, -0.1) is 0 Å². The van der Waals surface area contributed by atoms with Gasteiger partial charge in [-0.1, -0.05) is 51.8 Å². The Kier molecular flexibility index (Phi) is 6.93. The highest BCUT2D eigenvalue weighted by atomic mass is 35.5. The Morgan fingerprint density at radius 3 is 2.47 bits per heavy atom. The highest BCUT2D eigenvalue weighted by molar-refractivity contribution is 6.33. The number of hydrogen-bond acceptors (Lipinski definition) is 4. The summed E-state index contributed by atoms with van der Waals surface area (Å²) >= 11 is 6.41. The van der Waals surface area contributed by atoms with Crippen molar-refractivity contribution in [2.75, 3.05) is 6.61 Å². The molecule has 1 heterocycles. The Hall–Kier alpha value is -2.66. The number of H-pyrrole nitrogens is 1. The van der Waals surface area contributed by atoms with E-state index in [9.17, 15) is 4.79 Å². The quantitative estimate of drug-likeness (QED) is 0.510. The predicted molar refractivity (Wildman–Crippen MR) is 122 cm³/mol. The average Bonchev–Trinajstić information content (AvgIpc) is 2.71. The number of nitrogens with one attached hydrogen (secondary N) is 1. The second-order valence-electron chi connectivity index (χ2n) is 8.62. The number of hydrogen-bond donors (Lipinski definition) is 1. The maximum atomic E-state index is 12.2. The van der Waals surface area contributed by atoms with Gasteiger partial charge in [-0.25, -0.2) is 9.78 Å². The average molecular weight is 426 g/mol. The van der Waals surface area contributed by atoms with Gasteiger partial charge >= 0.3 is 5.69 Å². The second-order valence-corrected chi connectivity index (χ2v) is 9.02. The van der Waals surface area contributed by atoms with E-state index in [2.05, 4.69) is 42.6 Å². The number of halogens is 1. The van der Waals surface area contributed by atoms with Gasteiger partial charge in [0.25, 0.3) is 0 Å². The van der Waals surface area contributed by atoms with Crippen molar-refractivity contribution in [2.45, 2.75) is 47.0 Å². The van der Waals surface area contributed by atoms with Gasteiger partial charge in [-0.2, -0.15) is 4.98 Å². The van der Waals surface area contributed by atoms with Gasteiger partial charge in [-0.3, -0.25) is 4.98 Å². The van der Waals surface area contributed by atoms with Crippen LogP contribution in [0.15, 0.2) is 47.3 Å². The van der Waals surface area contributed by atoms with Gasteiger partial charge in [0, 0.05) is 11.1 Å². The molecule has 0 atom stereocenters. The summed E-state index contributed by atoms with van der Waals surface area (Å²) in [5.74, 6) is 1.54. The first kappa shape index (κ1) is 22.0. The molecule has 2 aromatic carbocycles. The first-order valence-electron chi connectivity index (χ1n) is 10.3. The lowest BCUT2D eigenvalue weighted by Crippen LogP contribution is -2.16. The maximum Gasteiger partial charge on any atom is 0.348 e. The van der Waals surface area contributed by atoms with E-state index in [1.54, 1.807) is 0 Å². The highest BCUT2D eigenvalue weighted by Crippen LogP contribution is 2.28. The summed E-state index contributed by atoms with van der Waals surface area (Å²) in [5, 5.41) is 0.543. The molecule has 0 aliphatic heterocycles. The van der Waals surface area contributed by atoms with E-state index in [1.807, 2.05) is 42.5 Å². The van der Waals surface area contributed by atoms with E-state index in [-0.39, 0.29) is 5.41 Å². The fourth-order valence-electron chi connectivity index (χ4n) is 2.93. The highest BCUT2D eigenvalue weighted by Gasteiger charge is 2.13. The van der Waals surface area contributed by atoms with Gasteiger partial charge in [0.05, 0.1) is 11.6 Å². The van der Waals surface area contributed by atoms with E-state index in [1.165, 1.54) is 0 Å². The molecule has 3 aromatic rings. The largest absolute Gasteiger partial charge is 0.493 e. The number of aromatic nitrogens is 3. The number of ether oxygens (including phenoxy) is 1. The van der Waals surface area contributed by atoms with Crippen LogP contribution in [0.3, 0.4) is 0 Å². The number of benzene rings is 2. The monoisotopic (exact) mass is 425 g/mol. The maximum absolute atomic E-state index is 12.2. The van der Waals surface area contributed by atoms with Gasteiger partial charge in [0.2, 0.25) is 0 Å². The third-order valence-electron chi connectivity index (χ3n) is 4.54. The topological polar surface area (TPSA) is 67.9 Å². The zero-order valence-electron chi connectivity index (χ0n) is 18.0. The molecule has 0 saturated carbocycles. The molecule has 30 heavy (non-hydrogen) atoms. The van der Waals surface area contributed by atoms with Crippen LogP contribution in [0.1, 0.15) is 46.1 Å². The van der Waals surface area contributed by atoms with Crippen LogP contribution in [0, 0.1) is 5.41 Å². The SMILES string of the molecule is CCCCc1ccc(Cl)c(-c2nc(-c3ccc(OCC(C)(C)C)cc3)nc(=O)[nH]2)c1. The van der Waals surface area contributed by atoms with Gasteiger partial charge < -0.3 is 4.74 Å². The van der Waals surface area contributed by atoms with Crippen molar-refractivity contribution in [2.24, 2.45) is 5.41 Å². The summed E-state index contributed by atoms with van der Waals surface area (Å²) in [4.78, 5) is 23.6. The van der Waals surface area contributed by atoms with Gasteiger partial charge in [0.1, 0.15) is 11.6 Å². The number of aromatic amines is 1. The van der Waals surface area contributed by atoms with Crippen molar-refractivity contribution in [1.82, 2.24) is 15.0 Å². The Balaban J connectivity index is 1.90. The van der Waals surface area contributed by atoms with Crippen molar-refractivity contribution < 1.29 is 4.74 Å². The first-order valence-corrected chi connectivity index (χ1v) is 10.6. The van der Waals surface area contributed by atoms with Crippen LogP contribution in [0.25, 0.3) is 22.8 Å². The number of aryl methyl sites for hydroxylation is 1. The van der Waals surface area contributed by atoms with Gasteiger partial charge in [-0.05, 0) is 60.2 Å². The molecule has 6 heteroatoms. The van der Waals surface area contributed by atoms with Crippen molar-refractivity contribution in [3.8, 4) is 28.5 Å². The fraction of sp³-hybridized carbons (Fsp3) is 0.375. The molecule has 0 unspecified atom stereocenters. The van der Waals surface area contributed by atoms with Crippen molar-refractivity contribution in [3.05, 3.63) is 63.5 Å². The van der Waals surface area contributed by atoms with E-state index < -0.39 is 5.69 Å². The molecule has 0 bridgehead atoms. The molecular formula is C24H28ClN3O2. The molecular weight excluding hydrogens is 398 g/mol. The molecule has 158 valence electrons. The number of rotatable bonds is 7. The van der Waals surface area contributed by atoms with E-state index >= 15 is 0 Å². The van der Waals surface area contributed by atoms with Crippen molar-refractivity contribution >= 4 is 11.6 Å². The summed E-state index contributed by atoms with van der Waals surface area (Å²) in [6, 6.07) is 13.3. The normalized spacial score (nSPS) is 11.5. The van der Waals surface area contributed by atoms with Crippen LogP contribution < -0.4 is 10.4 Å². The summed E-state index contributed by atoms with van der Waals surface area (Å²) in [5.41, 5.74) is 2.23. The van der Waals surface area contributed by atoms with Crippen LogP contribution in [0.5, 0.6) is 5.75 Å². The minimum Gasteiger partial charge on any atom is -0.493 e. The molecule has 0 saturated heterocycles. The molecule has 0 radical (unpaired) electrons. The van der Waals surface area contributed by atoms with Crippen LogP contribution in [0.2, 0.25) is 5.02 Å². The van der Waals surface area contributed by atoms with Crippen LogP contribution in [-0.4, -0.2) is 21.6 Å². The smallest absolute Gasteiger partial charge is 0.348 e. The lowest BCUT2D eigenvalue weighted by atomic mass is 9.99. The molecule has 0 fully saturated rings. The Morgan fingerprint density at radius 2 is 1.80 bits per heavy atom. The minimum absolute atomic E-state index is 0.0777. The standard InChI is InChI=1S/C24H28ClN3O2/c1-5-6-7-16-8-13-20(25)19(14-16)22-26-21(27-23(29)28-22)17-9-11-18(12-10-17)30-15-24(2,3)4/h8-14H,5-7,15H2,1-4H3,(H,26,27,28,29). The zero-order chi connectivity index (χ0) is 21.7. The predicted octanol–water partition coefficient (Wildman–Crippen LogP) is 5.92. The Bertz CT molecular complexity index is 1050. The molecule has 0 aliphatic carbocycles. The molecule has 0 amide bonds. The summed E-state index contributed by atoms with van der Waals surface area (Å²) in [6.07, 6.45) is 3.16. The van der Waals surface area contributed by atoms with Crippen molar-refractivity contribution in [1.29, 1.82) is 0 Å². The molecule has 1 aromatic heterocycles. The molecule has 0 spiro atoms. The molecule has 0 aliphatic rings. The molecule has 3 rings (SSSR count). The van der Waals surface area contributed by atoms with Crippen LogP contribution >= 0.6 is 11.6 Å². The number of nitrogens with zero attached hydrogens (tertiary/aromatic N) is 2. The van der Waals surface area contributed by atoms with E-state index in [0.29, 0.717) is 28.8 Å². The summed E-state index contributed by atoms with van der Waals surface area (Å²) in [6.45, 7) is 9.13. The van der Waals surface area contributed by atoms with Crippen LogP contribution in [0.4, 0.5) is 0 Å². The fourth-order valence-corrected chi connectivity index (χ4v) is 3.14. The molecule has 5 nitrogen and oxygen atoms in total. The van der Waals surface area contributed by atoms with Crippen LogP contribution in [-0.2, 0) is 6.42 Å². The van der Waals surface area contributed by atoms with Crippen molar-refractivity contribution in [3.63, 3.8) is 0 Å². The van der Waals surface area contributed by atoms with E-state index in [0.717, 1.165) is 36.1 Å². The minimum atomic E-state index is -0.460. The third-order valence-corrected chi connectivity index (χ3v) is 4.87. The van der Waals surface area contributed by atoms with E-state index in [4.69, 9.17) is 16.3 Å². The summed E-state index contributed by atoms with van der Waals surface area (Å²) in [7, 11) is 0. The lowest BCUT2D eigenvalue weighted by molar-refractivity contribution is 0.198. The second kappa shape index (κ2) is 9.43. The zero-order valence-corrected chi connectivity index (χ0v) is 18.7. The third kappa shape index (κ3) is 5.92. The van der Waals surface area contributed by atoms with Gasteiger partial charge in [0.15, 0.2) is 5.82 Å². The summed E-state index contributed by atoms with van der Waals surface area (Å²) < 4.78 is 5.81. The number of unbranched alkanes of at least 4 members (excludes halogenated alkanes) is 1. The Labute approximate surface area is 182 Å². The lowest BCUT2D eigenvalue weighted by Gasteiger charge is -2.18.